The minimum absolute atomic E-state index is 0.139. The monoisotopic (exact) mass is 185 g/mol. The fourth-order valence-corrected chi connectivity index (χ4v) is 1.08. The number of nitrogens with zero attached hydrogens (tertiary/aromatic N) is 1. The van der Waals surface area contributed by atoms with E-state index in [0.29, 0.717) is 0 Å². The Morgan fingerprint density at radius 1 is 1.38 bits per heavy atom. The minimum Gasteiger partial charge on any atom is -0.304 e. The molecule has 1 unspecified atom stereocenters. The lowest BCUT2D eigenvalue weighted by molar-refractivity contribution is -0.113. The first-order valence-corrected chi connectivity index (χ1v) is 5.03. The van der Waals surface area contributed by atoms with Crippen molar-refractivity contribution in [2.45, 2.75) is 46.6 Å². The summed E-state index contributed by atoms with van der Waals surface area (Å²) in [7, 11) is 2.19. The van der Waals surface area contributed by atoms with Crippen molar-refractivity contribution in [2.24, 2.45) is 5.41 Å². The van der Waals surface area contributed by atoms with Gasteiger partial charge in [-0.2, -0.15) is 0 Å². The molecule has 1 atom stereocenters. The molecule has 1 rings (SSSR count). The van der Waals surface area contributed by atoms with Gasteiger partial charge in [0.1, 0.15) is 6.29 Å². The van der Waals surface area contributed by atoms with Crippen LogP contribution in [0.1, 0.15) is 40.5 Å². The molecule has 0 aromatic rings. The summed E-state index contributed by atoms with van der Waals surface area (Å²) in [6.45, 7) is 9.22. The zero-order chi connectivity index (χ0) is 10.5. The van der Waals surface area contributed by atoms with Crippen LogP contribution in [0.2, 0.25) is 0 Å². The highest BCUT2D eigenvalue weighted by molar-refractivity contribution is 5.56. The molecule has 0 spiro atoms. The van der Waals surface area contributed by atoms with Gasteiger partial charge in [0.25, 0.3) is 0 Å². The van der Waals surface area contributed by atoms with E-state index in [-0.39, 0.29) is 5.41 Å². The van der Waals surface area contributed by atoms with Crippen LogP contribution >= 0.6 is 0 Å². The lowest BCUT2D eigenvalue weighted by Crippen LogP contribution is -2.20. The minimum atomic E-state index is -0.139. The molecule has 0 aliphatic carbocycles. The number of rotatable bonds is 0. The van der Waals surface area contributed by atoms with Gasteiger partial charge in [0.2, 0.25) is 0 Å². The average molecular weight is 185 g/mol. The Kier molecular flexibility index (Phi) is 5.23. The average Bonchev–Trinajstić information content (AvgIpc) is 2.36. The van der Waals surface area contributed by atoms with Gasteiger partial charge in [-0.25, -0.2) is 0 Å². The molecule has 2 nitrogen and oxygen atoms in total. The van der Waals surface area contributed by atoms with Crippen molar-refractivity contribution in [3.05, 3.63) is 0 Å². The summed E-state index contributed by atoms with van der Waals surface area (Å²) >= 11 is 0. The molecule has 0 aromatic heterocycles. The fraction of sp³-hybridized carbons (Fsp3) is 0.909. The molecule has 0 N–H and O–H groups in total. The van der Waals surface area contributed by atoms with Gasteiger partial charge in [0.15, 0.2) is 0 Å². The number of aldehydes is 1. The standard InChI is InChI=1S/C6H13N.C5H10O/c1-6-4-3-5-7(6)2;1-5(2,3)4-6/h6H,3-5H2,1-2H3;4H,1-3H3. The summed E-state index contributed by atoms with van der Waals surface area (Å²) in [6.07, 6.45) is 3.74. The van der Waals surface area contributed by atoms with Crippen LogP contribution in [0, 0.1) is 5.41 Å². The third-order valence-corrected chi connectivity index (χ3v) is 2.24. The summed E-state index contributed by atoms with van der Waals surface area (Å²) in [5, 5.41) is 0. The van der Waals surface area contributed by atoms with Crippen LogP contribution in [0.25, 0.3) is 0 Å². The SMILES string of the molecule is CC(C)(C)C=O.CC1CCCN1C. The van der Waals surface area contributed by atoms with Crippen LogP contribution < -0.4 is 0 Å². The second kappa shape index (κ2) is 5.38. The number of carbonyl (C=O) groups excluding carboxylic acids is 1. The van der Waals surface area contributed by atoms with Gasteiger partial charge in [-0.15, -0.1) is 0 Å². The Morgan fingerprint density at radius 2 is 1.85 bits per heavy atom. The van der Waals surface area contributed by atoms with Crippen LogP contribution in [0.3, 0.4) is 0 Å². The zero-order valence-electron chi connectivity index (χ0n) is 9.63. The summed E-state index contributed by atoms with van der Waals surface area (Å²) in [5.41, 5.74) is -0.139. The molecule has 0 aromatic carbocycles. The molecule has 1 saturated heterocycles. The Morgan fingerprint density at radius 3 is 1.92 bits per heavy atom. The van der Waals surface area contributed by atoms with Gasteiger partial charge in [-0.1, -0.05) is 20.8 Å². The first kappa shape index (κ1) is 12.6. The summed E-state index contributed by atoms with van der Waals surface area (Å²) in [4.78, 5) is 12.2. The van der Waals surface area contributed by atoms with E-state index in [0.717, 1.165) is 12.3 Å². The molecule has 2 heteroatoms. The van der Waals surface area contributed by atoms with E-state index in [9.17, 15) is 4.79 Å². The van der Waals surface area contributed by atoms with Crippen molar-refractivity contribution in [1.82, 2.24) is 4.90 Å². The first-order chi connectivity index (χ1) is 5.87. The van der Waals surface area contributed by atoms with Crippen LogP contribution in [0.5, 0.6) is 0 Å². The van der Waals surface area contributed by atoms with Crippen LogP contribution in [-0.4, -0.2) is 30.8 Å². The van der Waals surface area contributed by atoms with Gasteiger partial charge >= 0.3 is 0 Å². The van der Waals surface area contributed by atoms with E-state index >= 15 is 0 Å². The van der Waals surface area contributed by atoms with Crippen LogP contribution in [0.15, 0.2) is 0 Å². The van der Waals surface area contributed by atoms with Crippen LogP contribution in [-0.2, 0) is 4.79 Å². The maximum atomic E-state index is 9.83. The van der Waals surface area contributed by atoms with Crippen LogP contribution in [0.4, 0.5) is 0 Å². The van der Waals surface area contributed by atoms with E-state index in [2.05, 4.69) is 18.9 Å². The molecule has 0 amide bonds. The van der Waals surface area contributed by atoms with Gasteiger partial charge in [-0.3, -0.25) is 0 Å². The quantitative estimate of drug-likeness (QED) is 0.540. The fourth-order valence-electron chi connectivity index (χ4n) is 1.08. The van der Waals surface area contributed by atoms with Crippen molar-refractivity contribution in [1.29, 1.82) is 0 Å². The summed E-state index contributed by atoms with van der Waals surface area (Å²) in [5.74, 6) is 0. The van der Waals surface area contributed by atoms with E-state index < -0.39 is 0 Å². The highest BCUT2D eigenvalue weighted by atomic mass is 16.1. The molecule has 78 valence electrons. The second-order valence-electron chi connectivity index (χ2n) is 4.96. The third kappa shape index (κ3) is 6.76. The Hall–Kier alpha value is -0.370. The first-order valence-electron chi connectivity index (χ1n) is 5.03. The van der Waals surface area contributed by atoms with E-state index in [4.69, 9.17) is 0 Å². The van der Waals surface area contributed by atoms with E-state index in [1.807, 2.05) is 20.8 Å². The number of carbonyl (C=O) groups is 1. The molecule has 13 heavy (non-hydrogen) atoms. The molecule has 1 aliphatic heterocycles. The van der Waals surface area contributed by atoms with E-state index in [1.165, 1.54) is 19.4 Å². The third-order valence-electron chi connectivity index (χ3n) is 2.24. The highest BCUT2D eigenvalue weighted by Gasteiger charge is 2.14. The van der Waals surface area contributed by atoms with Crippen molar-refractivity contribution in [3.63, 3.8) is 0 Å². The van der Waals surface area contributed by atoms with Crippen molar-refractivity contribution in [3.8, 4) is 0 Å². The lowest BCUT2D eigenvalue weighted by atomic mass is 10.0. The molecular formula is C11H23NO. The van der Waals surface area contributed by atoms with Crippen molar-refractivity contribution < 1.29 is 4.79 Å². The Balaban J connectivity index is 0.000000226. The molecule has 1 aliphatic rings. The summed E-state index contributed by atoms with van der Waals surface area (Å²) in [6, 6.07) is 0.847. The smallest absolute Gasteiger partial charge is 0.125 e. The number of likely N-dealkylation sites (tertiary alicyclic amines) is 1. The van der Waals surface area contributed by atoms with Gasteiger partial charge in [0, 0.05) is 11.5 Å². The second-order valence-corrected chi connectivity index (χ2v) is 4.96. The zero-order valence-corrected chi connectivity index (χ0v) is 9.63. The maximum absolute atomic E-state index is 9.83. The molecule has 1 fully saturated rings. The van der Waals surface area contributed by atoms with Crippen molar-refractivity contribution in [2.75, 3.05) is 13.6 Å². The summed E-state index contributed by atoms with van der Waals surface area (Å²) < 4.78 is 0. The topological polar surface area (TPSA) is 20.3 Å². The molecule has 1 heterocycles. The normalized spacial score (nSPS) is 23.6. The van der Waals surface area contributed by atoms with Crippen molar-refractivity contribution >= 4 is 6.29 Å². The maximum Gasteiger partial charge on any atom is 0.125 e. The van der Waals surface area contributed by atoms with Gasteiger partial charge < -0.3 is 9.69 Å². The van der Waals surface area contributed by atoms with Gasteiger partial charge in [0.05, 0.1) is 0 Å². The van der Waals surface area contributed by atoms with E-state index in [1.54, 1.807) is 0 Å². The Bertz CT molecular complexity index is 141. The predicted octanol–water partition coefficient (Wildman–Crippen LogP) is 2.33. The highest BCUT2D eigenvalue weighted by Crippen LogP contribution is 2.12. The molecule has 0 saturated carbocycles. The number of hydrogen-bond acceptors (Lipinski definition) is 2. The largest absolute Gasteiger partial charge is 0.304 e. The molecule has 0 bridgehead atoms. The lowest BCUT2D eigenvalue weighted by Gasteiger charge is -2.12. The number of hydrogen-bond donors (Lipinski definition) is 0. The van der Waals surface area contributed by atoms with Gasteiger partial charge in [-0.05, 0) is 33.4 Å². The molecular weight excluding hydrogens is 162 g/mol. The Labute approximate surface area is 82.3 Å². The predicted molar refractivity (Wildman–Crippen MR) is 56.8 cm³/mol. The molecule has 0 radical (unpaired) electrons.